The number of rotatable bonds is 4. The number of imidazole rings is 1. The van der Waals surface area contributed by atoms with Crippen LogP contribution < -0.4 is 0 Å². The van der Waals surface area contributed by atoms with Crippen LogP contribution in [0.4, 0.5) is 13.2 Å². The second-order valence-electron chi connectivity index (χ2n) is 5.97. The van der Waals surface area contributed by atoms with E-state index in [1.54, 1.807) is 30.3 Å². The Labute approximate surface area is 179 Å². The van der Waals surface area contributed by atoms with Crippen molar-refractivity contribution < 1.29 is 27.9 Å². The fraction of sp³-hybridized carbons (Fsp3) is 0.118. The van der Waals surface area contributed by atoms with Crippen LogP contribution in [0.5, 0.6) is 0 Å². The first-order valence-electron chi connectivity index (χ1n) is 8.14. The van der Waals surface area contributed by atoms with Crippen molar-refractivity contribution >= 4 is 62.6 Å². The zero-order chi connectivity index (χ0) is 21.6. The lowest BCUT2D eigenvalue weighted by Gasteiger charge is -2.10. The van der Waals surface area contributed by atoms with Crippen molar-refractivity contribution in [1.29, 1.82) is 0 Å². The number of carbonyl (C=O) groups is 2. The summed E-state index contributed by atoms with van der Waals surface area (Å²) < 4.78 is 40.4. The number of fused-ring (bicyclic) bond motifs is 1. The minimum atomic E-state index is -4.64. The highest BCUT2D eigenvalue weighted by Gasteiger charge is 2.37. The molecule has 4 rings (SSSR count). The number of carbonyl (C=O) groups excluding carboxylic acids is 1. The maximum Gasteiger partial charge on any atom is 0.445 e. The number of aliphatic carboxylic acids is 1. The topological polar surface area (TPSA) is 87.8 Å². The van der Waals surface area contributed by atoms with Gasteiger partial charge in [-0.3, -0.25) is 14.5 Å². The van der Waals surface area contributed by atoms with Gasteiger partial charge in [-0.15, -0.1) is 5.10 Å². The van der Waals surface area contributed by atoms with Gasteiger partial charge < -0.3 is 5.11 Å². The van der Waals surface area contributed by atoms with Crippen molar-refractivity contribution in [2.45, 2.75) is 6.18 Å². The van der Waals surface area contributed by atoms with E-state index in [1.165, 1.54) is 6.08 Å². The molecule has 30 heavy (non-hydrogen) atoms. The summed E-state index contributed by atoms with van der Waals surface area (Å²) in [6.45, 7) is -0.607. The van der Waals surface area contributed by atoms with Gasteiger partial charge in [-0.05, 0) is 6.08 Å². The molecule has 0 bridgehead atoms. The van der Waals surface area contributed by atoms with Gasteiger partial charge in [0.1, 0.15) is 10.9 Å². The maximum atomic E-state index is 13.1. The Morgan fingerprint density at radius 2 is 1.97 bits per heavy atom. The molecule has 154 valence electrons. The molecular weight excluding hydrogens is 461 g/mol. The normalized spacial score (nSPS) is 16.2. The number of nitrogens with zero attached hydrogens (tertiary/aromatic N) is 4. The first-order chi connectivity index (χ1) is 14.1. The number of thiocarbonyl (C=S) groups is 1. The molecule has 0 radical (unpaired) electrons. The monoisotopic (exact) mass is 470 g/mol. The molecule has 1 amide bonds. The van der Waals surface area contributed by atoms with E-state index in [2.05, 4.69) is 10.1 Å². The number of amides is 1. The summed E-state index contributed by atoms with van der Waals surface area (Å²) >= 11 is 6.31. The third-order valence-corrected chi connectivity index (χ3v) is 6.29. The molecule has 7 nitrogen and oxygen atoms in total. The van der Waals surface area contributed by atoms with Crippen LogP contribution >= 0.6 is 35.3 Å². The Bertz CT molecular complexity index is 1220. The Morgan fingerprint density at radius 3 is 2.60 bits per heavy atom. The molecule has 0 aliphatic carbocycles. The summed E-state index contributed by atoms with van der Waals surface area (Å²) in [6.07, 6.45) is -3.30. The van der Waals surface area contributed by atoms with Gasteiger partial charge in [-0.25, -0.2) is 9.50 Å². The predicted molar refractivity (Wildman–Crippen MR) is 109 cm³/mol. The van der Waals surface area contributed by atoms with Crippen molar-refractivity contribution in [3.05, 3.63) is 45.9 Å². The zero-order valence-electron chi connectivity index (χ0n) is 14.6. The number of benzene rings is 1. The van der Waals surface area contributed by atoms with Gasteiger partial charge in [0.25, 0.3) is 5.91 Å². The number of aromatic nitrogens is 3. The molecular formula is C17H9F3N4O3S3. The molecule has 1 saturated heterocycles. The van der Waals surface area contributed by atoms with Crippen molar-refractivity contribution in [2.75, 3.05) is 6.54 Å². The molecule has 3 heterocycles. The van der Waals surface area contributed by atoms with E-state index in [0.717, 1.165) is 21.2 Å². The predicted octanol–water partition coefficient (Wildman–Crippen LogP) is 3.76. The fourth-order valence-electron chi connectivity index (χ4n) is 2.71. The van der Waals surface area contributed by atoms with Gasteiger partial charge in [-0.2, -0.15) is 13.2 Å². The van der Waals surface area contributed by atoms with Gasteiger partial charge >= 0.3 is 12.1 Å². The molecule has 1 N–H and O–H groups in total. The largest absolute Gasteiger partial charge is 0.480 e. The van der Waals surface area contributed by atoms with E-state index >= 15 is 0 Å². The number of hydrogen-bond acceptors (Lipinski definition) is 7. The van der Waals surface area contributed by atoms with Crippen molar-refractivity contribution in [1.82, 2.24) is 19.5 Å². The Hall–Kier alpha value is -2.77. The summed E-state index contributed by atoms with van der Waals surface area (Å²) in [5, 5.41) is 11.5. The van der Waals surface area contributed by atoms with Crippen LogP contribution in [0.3, 0.4) is 0 Å². The van der Waals surface area contributed by atoms with Gasteiger partial charge in [0.05, 0.1) is 16.3 Å². The lowest BCUT2D eigenvalue weighted by Crippen LogP contribution is -2.33. The van der Waals surface area contributed by atoms with E-state index in [9.17, 15) is 22.8 Å². The average molecular weight is 470 g/mol. The third-order valence-electron chi connectivity index (χ3n) is 3.96. The molecule has 1 fully saturated rings. The van der Waals surface area contributed by atoms with Crippen LogP contribution in [0.25, 0.3) is 22.3 Å². The van der Waals surface area contributed by atoms with Crippen LogP contribution in [0.2, 0.25) is 0 Å². The van der Waals surface area contributed by atoms with Gasteiger partial charge in [-0.1, -0.05) is 65.6 Å². The first kappa shape index (κ1) is 20.5. The third kappa shape index (κ3) is 3.70. The highest BCUT2D eigenvalue weighted by atomic mass is 32.2. The van der Waals surface area contributed by atoms with Crippen LogP contribution in [0.15, 0.2) is 35.2 Å². The van der Waals surface area contributed by atoms with Crippen molar-refractivity contribution in [3.63, 3.8) is 0 Å². The number of carboxylic acids is 1. The molecule has 0 atom stereocenters. The van der Waals surface area contributed by atoms with E-state index in [0.29, 0.717) is 22.6 Å². The van der Waals surface area contributed by atoms with Gasteiger partial charge in [0, 0.05) is 5.56 Å². The molecule has 0 saturated carbocycles. The van der Waals surface area contributed by atoms with Gasteiger partial charge in [0.2, 0.25) is 9.97 Å². The number of alkyl halides is 3. The second kappa shape index (κ2) is 7.49. The minimum absolute atomic E-state index is 0.00782. The van der Waals surface area contributed by atoms with Crippen LogP contribution in [0.1, 0.15) is 10.7 Å². The van der Waals surface area contributed by atoms with Crippen molar-refractivity contribution in [3.8, 4) is 11.3 Å². The van der Waals surface area contributed by atoms with Crippen LogP contribution in [-0.2, 0) is 15.8 Å². The van der Waals surface area contributed by atoms with E-state index < -0.39 is 29.6 Å². The van der Waals surface area contributed by atoms with Crippen LogP contribution in [0, 0.1) is 0 Å². The molecule has 0 unspecified atom stereocenters. The summed E-state index contributed by atoms with van der Waals surface area (Å²) in [7, 11) is 0. The molecule has 0 spiro atoms. The number of carboxylic acid groups (broad SMARTS) is 1. The summed E-state index contributed by atoms with van der Waals surface area (Å²) in [5.74, 6) is -1.88. The van der Waals surface area contributed by atoms with Crippen LogP contribution in [-0.4, -0.2) is 47.3 Å². The SMILES string of the molecule is O=C(O)CN1C(=O)/C(=C/c2c(-c3ccccc3)nc3sc(C(F)(F)F)nn23)SC1=S. The fourth-order valence-corrected chi connectivity index (χ4v) is 4.72. The van der Waals surface area contributed by atoms with E-state index in [1.807, 2.05) is 0 Å². The first-order valence-corrected chi connectivity index (χ1v) is 10.2. The summed E-state index contributed by atoms with van der Waals surface area (Å²) in [6, 6.07) is 8.72. The molecule has 13 heteroatoms. The van der Waals surface area contributed by atoms with E-state index in [-0.39, 0.29) is 19.9 Å². The highest BCUT2D eigenvalue weighted by Crippen LogP contribution is 2.38. The Morgan fingerprint density at radius 1 is 1.27 bits per heavy atom. The van der Waals surface area contributed by atoms with E-state index in [4.69, 9.17) is 17.3 Å². The minimum Gasteiger partial charge on any atom is -0.480 e. The summed E-state index contributed by atoms with van der Waals surface area (Å²) in [4.78, 5) is 28.8. The standard InChI is InChI=1S/C17H9F3N4O3S3/c18-17(19,20)14-22-24-9(6-10-13(27)23(7-11(25)26)16(28)29-10)12(21-15(24)30-14)8-4-2-1-3-5-8/h1-6H,7H2,(H,25,26)/b10-6-. The second-order valence-corrected chi connectivity index (χ2v) is 8.60. The smallest absolute Gasteiger partial charge is 0.445 e. The number of hydrogen-bond donors (Lipinski definition) is 1. The Balaban J connectivity index is 1.87. The molecule has 3 aromatic rings. The molecule has 1 aliphatic rings. The highest BCUT2D eigenvalue weighted by molar-refractivity contribution is 8.26. The van der Waals surface area contributed by atoms with Gasteiger partial charge in [0.15, 0.2) is 0 Å². The average Bonchev–Trinajstić information content (AvgIpc) is 3.31. The summed E-state index contributed by atoms with van der Waals surface area (Å²) in [5.41, 5.74) is 1.13. The molecule has 1 aromatic carbocycles. The quantitative estimate of drug-likeness (QED) is 0.459. The zero-order valence-corrected chi connectivity index (χ0v) is 17.0. The number of halogens is 3. The van der Waals surface area contributed by atoms with Crippen molar-refractivity contribution in [2.24, 2.45) is 0 Å². The molecule has 1 aliphatic heterocycles. The molecule has 2 aromatic heterocycles. The lowest BCUT2D eigenvalue weighted by atomic mass is 10.1. The number of thioether (sulfide) groups is 1. The maximum absolute atomic E-state index is 13.1. The lowest BCUT2D eigenvalue weighted by molar-refractivity contribution is -0.140. The Kier molecular flexibility index (Phi) is 5.11.